The molecule has 2 fully saturated rings. The fraction of sp³-hybridized carbons (Fsp3) is 0.261. The van der Waals surface area contributed by atoms with Gasteiger partial charge in [0.1, 0.15) is 23.7 Å². The van der Waals surface area contributed by atoms with Crippen molar-refractivity contribution in [1.82, 2.24) is 40.4 Å². The second-order valence-corrected chi connectivity index (χ2v) is 14.9. The molecule has 4 N–H and O–H groups in total. The maximum atomic E-state index is 13.9. The zero-order valence-electron chi connectivity index (χ0n) is 33.3. The number of aromatic amines is 2. The number of benzene rings is 4. The quantitative estimate of drug-likeness (QED) is 0.103. The molecule has 0 aliphatic carbocycles. The molecule has 6 aromatic rings. The van der Waals surface area contributed by atoms with Gasteiger partial charge in [-0.2, -0.15) is 0 Å². The molecule has 4 atom stereocenters. The molecular formula is C46H46N8O6. The molecule has 2 unspecified atom stereocenters. The standard InChI is InChI=1S/C46H46N8O6/c1-59-45(57)51-39(33-11-5-3-6-12-33)43(55)53-25-9-15-37(53)41-47-27-35(49-41)31-21-17-29(18-22-31)30-19-23-32(24-20-30)36-28-48-42(50-36)38-16-10-26-54(38)44(56)40(52-46(58)60-2)34-13-7-4-8-14-34/h3-8,11-14,17-24,27-28,37-40H,9-10,15-16,25-26H2,1-2H3,(H,47,49)(H,48,50)(H,51,57)(H,52,58)/t37?,38?,39-,40-/m1/s1. The van der Waals surface area contributed by atoms with Crippen LogP contribution in [-0.2, 0) is 19.1 Å². The van der Waals surface area contributed by atoms with Crippen molar-refractivity contribution in [2.45, 2.75) is 49.9 Å². The van der Waals surface area contributed by atoms with Crippen molar-refractivity contribution in [1.29, 1.82) is 0 Å². The molecule has 60 heavy (non-hydrogen) atoms. The summed E-state index contributed by atoms with van der Waals surface area (Å²) in [5, 5.41) is 5.42. The summed E-state index contributed by atoms with van der Waals surface area (Å²) in [6, 6.07) is 32.5. The Morgan fingerprint density at radius 3 is 1.30 bits per heavy atom. The second kappa shape index (κ2) is 17.7. The van der Waals surface area contributed by atoms with E-state index in [-0.39, 0.29) is 23.9 Å². The molecule has 4 aromatic carbocycles. The lowest BCUT2D eigenvalue weighted by molar-refractivity contribution is -0.135. The van der Waals surface area contributed by atoms with Gasteiger partial charge in [0.2, 0.25) is 0 Å². The van der Waals surface area contributed by atoms with Crippen molar-refractivity contribution in [3.8, 4) is 33.6 Å². The number of hydrogen-bond donors (Lipinski definition) is 4. The van der Waals surface area contributed by atoms with Gasteiger partial charge in [0.25, 0.3) is 11.8 Å². The summed E-state index contributed by atoms with van der Waals surface area (Å²) in [6.07, 6.45) is 5.36. The van der Waals surface area contributed by atoms with Crippen LogP contribution in [0, 0.1) is 0 Å². The summed E-state index contributed by atoms with van der Waals surface area (Å²) in [5.74, 6) is 0.959. The monoisotopic (exact) mass is 806 g/mol. The molecule has 0 saturated carbocycles. The van der Waals surface area contributed by atoms with Gasteiger partial charge in [-0.15, -0.1) is 0 Å². The predicted octanol–water partition coefficient (Wildman–Crippen LogP) is 7.66. The first-order valence-electron chi connectivity index (χ1n) is 20.0. The summed E-state index contributed by atoms with van der Waals surface area (Å²) < 4.78 is 9.65. The van der Waals surface area contributed by atoms with Crippen LogP contribution < -0.4 is 10.6 Å². The molecule has 306 valence electrons. The summed E-state index contributed by atoms with van der Waals surface area (Å²) in [6.45, 7) is 1.10. The maximum absolute atomic E-state index is 13.9. The Kier molecular flexibility index (Phi) is 11.7. The highest BCUT2D eigenvalue weighted by Crippen LogP contribution is 2.36. The van der Waals surface area contributed by atoms with Crippen LogP contribution in [0.1, 0.15) is 72.6 Å². The highest BCUT2D eigenvalue weighted by Gasteiger charge is 2.38. The van der Waals surface area contributed by atoms with Crippen molar-refractivity contribution >= 4 is 24.0 Å². The van der Waals surface area contributed by atoms with E-state index in [0.29, 0.717) is 35.9 Å². The Morgan fingerprint density at radius 2 is 0.933 bits per heavy atom. The molecule has 2 aliphatic rings. The number of nitrogens with one attached hydrogen (secondary N) is 4. The van der Waals surface area contributed by atoms with E-state index in [1.807, 2.05) is 84.9 Å². The second-order valence-electron chi connectivity index (χ2n) is 14.9. The van der Waals surface area contributed by atoms with Gasteiger partial charge in [-0.05, 0) is 59.1 Å². The van der Waals surface area contributed by atoms with Crippen LogP contribution in [0.25, 0.3) is 33.6 Å². The zero-order chi connectivity index (χ0) is 41.6. The van der Waals surface area contributed by atoms with E-state index in [1.54, 1.807) is 22.2 Å². The normalized spacial score (nSPS) is 17.2. The molecule has 2 saturated heterocycles. The number of imidazole rings is 2. The highest BCUT2D eigenvalue weighted by atomic mass is 16.5. The number of aromatic nitrogens is 4. The summed E-state index contributed by atoms with van der Waals surface area (Å²) in [5.41, 5.74) is 7.03. The van der Waals surface area contributed by atoms with E-state index in [9.17, 15) is 19.2 Å². The Morgan fingerprint density at radius 1 is 0.567 bits per heavy atom. The largest absolute Gasteiger partial charge is 0.453 e. The number of hydrogen-bond acceptors (Lipinski definition) is 8. The molecular weight excluding hydrogens is 761 g/mol. The Balaban J connectivity index is 0.928. The van der Waals surface area contributed by atoms with Gasteiger partial charge in [-0.3, -0.25) is 9.59 Å². The number of H-pyrrole nitrogens is 2. The minimum Gasteiger partial charge on any atom is -0.453 e. The lowest BCUT2D eigenvalue weighted by Gasteiger charge is -2.28. The molecule has 0 radical (unpaired) electrons. The van der Waals surface area contributed by atoms with E-state index in [4.69, 9.17) is 19.4 Å². The molecule has 14 nitrogen and oxygen atoms in total. The van der Waals surface area contributed by atoms with Gasteiger partial charge in [0, 0.05) is 13.1 Å². The van der Waals surface area contributed by atoms with Gasteiger partial charge >= 0.3 is 12.2 Å². The number of methoxy groups -OCH3 is 2. The number of ether oxygens (including phenoxy) is 2. The Labute approximate surface area is 347 Å². The minimum absolute atomic E-state index is 0.216. The number of carbonyl (C=O) groups excluding carboxylic acids is 4. The SMILES string of the molecule is COC(=O)N[C@@H](C(=O)N1CCCC1c1ncc(-c2ccc(-c3ccc(-c4cnc(C5CCCN5C(=O)[C@H](NC(=O)OC)c5ccccc5)[nH]4)cc3)cc2)[nH]1)c1ccccc1. The molecule has 14 heteroatoms. The maximum Gasteiger partial charge on any atom is 0.407 e. The lowest BCUT2D eigenvalue weighted by Crippen LogP contribution is -2.42. The third-order valence-electron chi connectivity index (χ3n) is 11.3. The molecule has 8 rings (SSSR count). The van der Waals surface area contributed by atoms with Crippen LogP contribution in [0.15, 0.2) is 122 Å². The first-order chi connectivity index (χ1) is 29.3. The van der Waals surface area contributed by atoms with Gasteiger partial charge < -0.3 is 39.9 Å². The number of likely N-dealkylation sites (tertiary alicyclic amines) is 2. The first kappa shape index (κ1) is 39.6. The summed E-state index contributed by atoms with van der Waals surface area (Å²) in [7, 11) is 2.56. The van der Waals surface area contributed by atoms with E-state index >= 15 is 0 Å². The van der Waals surface area contributed by atoms with Crippen LogP contribution in [0.2, 0.25) is 0 Å². The molecule has 0 bridgehead atoms. The molecule has 4 heterocycles. The van der Waals surface area contributed by atoms with Crippen molar-refractivity contribution in [2.75, 3.05) is 27.3 Å². The third kappa shape index (κ3) is 8.35. The molecule has 4 amide bonds. The fourth-order valence-electron chi connectivity index (χ4n) is 8.17. The number of amides is 4. The van der Waals surface area contributed by atoms with Crippen molar-refractivity contribution in [2.24, 2.45) is 0 Å². The number of carbonyl (C=O) groups is 4. The van der Waals surface area contributed by atoms with Crippen molar-refractivity contribution < 1.29 is 28.7 Å². The van der Waals surface area contributed by atoms with Crippen molar-refractivity contribution in [3.05, 3.63) is 144 Å². The molecule has 2 aliphatic heterocycles. The minimum atomic E-state index is -0.884. The number of nitrogens with zero attached hydrogens (tertiary/aromatic N) is 4. The van der Waals surface area contributed by atoms with E-state index in [1.165, 1.54) is 14.2 Å². The molecule has 0 spiro atoms. The van der Waals surface area contributed by atoms with Crippen LogP contribution in [0.5, 0.6) is 0 Å². The van der Waals surface area contributed by atoms with Gasteiger partial charge in [-0.25, -0.2) is 19.6 Å². The predicted molar refractivity (Wildman–Crippen MR) is 224 cm³/mol. The van der Waals surface area contributed by atoms with Crippen LogP contribution >= 0.6 is 0 Å². The zero-order valence-corrected chi connectivity index (χ0v) is 33.3. The smallest absolute Gasteiger partial charge is 0.407 e. The van der Waals surface area contributed by atoms with E-state index in [2.05, 4.69) is 44.9 Å². The summed E-state index contributed by atoms with van der Waals surface area (Å²) >= 11 is 0. The first-order valence-corrected chi connectivity index (χ1v) is 20.0. The third-order valence-corrected chi connectivity index (χ3v) is 11.3. The number of alkyl carbamates (subject to hydrolysis) is 2. The van der Waals surface area contributed by atoms with E-state index in [0.717, 1.165) is 59.3 Å². The van der Waals surface area contributed by atoms with Crippen LogP contribution in [-0.4, -0.2) is 81.0 Å². The lowest BCUT2D eigenvalue weighted by atomic mass is 10.0. The average Bonchev–Trinajstić information content (AvgIpc) is 4.15. The molecule has 2 aromatic heterocycles. The van der Waals surface area contributed by atoms with Gasteiger partial charge in [0.15, 0.2) is 0 Å². The van der Waals surface area contributed by atoms with Gasteiger partial charge in [0.05, 0.1) is 50.1 Å². The fourth-order valence-corrected chi connectivity index (χ4v) is 8.17. The number of rotatable bonds is 11. The van der Waals surface area contributed by atoms with Crippen LogP contribution in [0.3, 0.4) is 0 Å². The Bertz CT molecular complexity index is 2260. The summed E-state index contributed by atoms with van der Waals surface area (Å²) in [4.78, 5) is 72.1. The highest BCUT2D eigenvalue weighted by molar-refractivity contribution is 5.88. The van der Waals surface area contributed by atoms with Crippen molar-refractivity contribution in [3.63, 3.8) is 0 Å². The van der Waals surface area contributed by atoms with Crippen LogP contribution in [0.4, 0.5) is 9.59 Å². The Hall–Kier alpha value is -7.22. The average molecular weight is 807 g/mol. The van der Waals surface area contributed by atoms with Gasteiger partial charge in [-0.1, -0.05) is 109 Å². The topological polar surface area (TPSA) is 175 Å². The van der Waals surface area contributed by atoms with E-state index < -0.39 is 24.3 Å².